The van der Waals surface area contributed by atoms with E-state index in [1.165, 1.54) is 11.9 Å². The van der Waals surface area contributed by atoms with Crippen LogP contribution < -0.4 is 16.4 Å². The number of primary amides is 1. The number of nitrogens with zero attached hydrogens (tertiary/aromatic N) is 1. The standard InChI is InChI=1S/C27H38N4O5/c1-6-18-12-10-11-15-20(18)23(24(33)29-19-13-8-7-9-14-19)31(5)25(34)21(16-17-22(28)32)30-26(35)36-27(2,3)4/h1,10-12,15,19,21,23H,7-9,13-14,16-17H2,2-5H3,(H2,28,32)(H,29,33)(H,30,35). The average molecular weight is 499 g/mol. The number of likely N-dealkylation sites (N-methyl/N-ethyl adjacent to an activating group) is 1. The number of nitrogens with two attached hydrogens (primary N) is 1. The smallest absolute Gasteiger partial charge is 0.408 e. The minimum Gasteiger partial charge on any atom is -0.444 e. The topological polar surface area (TPSA) is 131 Å². The molecule has 1 fully saturated rings. The van der Waals surface area contributed by atoms with Crippen molar-refractivity contribution in [2.45, 2.75) is 89.4 Å². The van der Waals surface area contributed by atoms with E-state index in [4.69, 9.17) is 16.9 Å². The molecule has 36 heavy (non-hydrogen) atoms. The first-order valence-corrected chi connectivity index (χ1v) is 12.3. The van der Waals surface area contributed by atoms with Crippen molar-refractivity contribution in [2.75, 3.05) is 7.05 Å². The number of terminal acetylenes is 1. The van der Waals surface area contributed by atoms with E-state index in [9.17, 15) is 19.2 Å². The fraction of sp³-hybridized carbons (Fsp3) is 0.556. The second-order valence-corrected chi connectivity index (χ2v) is 10.1. The Morgan fingerprint density at radius 1 is 1.17 bits per heavy atom. The second-order valence-electron chi connectivity index (χ2n) is 10.1. The molecular formula is C27H38N4O5. The molecule has 1 aliphatic carbocycles. The zero-order valence-electron chi connectivity index (χ0n) is 21.6. The normalized spacial score (nSPS) is 15.6. The lowest BCUT2D eigenvalue weighted by Crippen LogP contribution is -2.52. The van der Waals surface area contributed by atoms with Gasteiger partial charge in [-0.2, -0.15) is 0 Å². The molecule has 2 atom stereocenters. The average Bonchev–Trinajstić information content (AvgIpc) is 2.81. The molecule has 0 radical (unpaired) electrons. The van der Waals surface area contributed by atoms with Crippen molar-refractivity contribution in [3.8, 4) is 12.3 Å². The van der Waals surface area contributed by atoms with Gasteiger partial charge in [-0.15, -0.1) is 6.42 Å². The van der Waals surface area contributed by atoms with Gasteiger partial charge in [0.15, 0.2) is 0 Å². The van der Waals surface area contributed by atoms with E-state index < -0.39 is 35.6 Å². The van der Waals surface area contributed by atoms with Gasteiger partial charge in [-0.3, -0.25) is 14.4 Å². The van der Waals surface area contributed by atoms with Gasteiger partial charge in [-0.05, 0) is 51.7 Å². The molecule has 1 aliphatic rings. The van der Waals surface area contributed by atoms with Crippen molar-refractivity contribution >= 4 is 23.8 Å². The highest BCUT2D eigenvalue weighted by Crippen LogP contribution is 2.26. The zero-order valence-corrected chi connectivity index (χ0v) is 21.6. The maximum Gasteiger partial charge on any atom is 0.408 e. The quantitative estimate of drug-likeness (QED) is 0.451. The first-order chi connectivity index (χ1) is 16.9. The number of benzene rings is 1. The van der Waals surface area contributed by atoms with Gasteiger partial charge in [0.2, 0.25) is 17.7 Å². The molecule has 0 saturated heterocycles. The van der Waals surface area contributed by atoms with Crippen LogP contribution in [0.2, 0.25) is 0 Å². The maximum absolute atomic E-state index is 13.6. The van der Waals surface area contributed by atoms with Crippen molar-refractivity contribution in [2.24, 2.45) is 5.73 Å². The van der Waals surface area contributed by atoms with Gasteiger partial charge in [0.1, 0.15) is 17.7 Å². The monoisotopic (exact) mass is 498 g/mol. The Balaban J connectivity index is 2.37. The first-order valence-electron chi connectivity index (χ1n) is 12.3. The summed E-state index contributed by atoms with van der Waals surface area (Å²) < 4.78 is 5.29. The molecule has 196 valence electrons. The lowest BCUT2D eigenvalue weighted by molar-refractivity contribution is -0.141. The summed E-state index contributed by atoms with van der Waals surface area (Å²) >= 11 is 0. The molecule has 4 amide bonds. The molecule has 4 N–H and O–H groups in total. The first kappa shape index (κ1) is 28.7. The molecule has 2 rings (SSSR count). The minimum atomic E-state index is -1.14. The van der Waals surface area contributed by atoms with Gasteiger partial charge in [0.05, 0.1) is 0 Å². The molecule has 9 heteroatoms. The van der Waals surface area contributed by atoms with Crippen molar-refractivity contribution in [3.63, 3.8) is 0 Å². The number of hydrogen-bond donors (Lipinski definition) is 3. The number of rotatable bonds is 9. The predicted octanol–water partition coefficient (Wildman–Crippen LogP) is 2.78. The van der Waals surface area contributed by atoms with E-state index in [0.29, 0.717) is 11.1 Å². The number of alkyl carbamates (subject to hydrolysis) is 1. The molecule has 1 aromatic rings. The number of nitrogens with one attached hydrogen (secondary N) is 2. The van der Waals surface area contributed by atoms with Crippen LogP contribution in [-0.4, -0.2) is 53.4 Å². The summed E-state index contributed by atoms with van der Waals surface area (Å²) in [5.74, 6) is 1.04. The number of carbonyl (C=O) groups is 4. The Morgan fingerprint density at radius 3 is 2.39 bits per heavy atom. The highest BCUT2D eigenvalue weighted by atomic mass is 16.6. The molecule has 0 aromatic heterocycles. The summed E-state index contributed by atoms with van der Waals surface area (Å²) in [6, 6.07) is 4.77. The second kappa shape index (κ2) is 13.0. The van der Waals surface area contributed by atoms with Crippen LogP contribution >= 0.6 is 0 Å². The summed E-state index contributed by atoms with van der Waals surface area (Å²) in [5, 5.41) is 5.61. The Hall–Kier alpha value is -3.54. The summed E-state index contributed by atoms with van der Waals surface area (Å²) in [6.07, 6.45) is 9.63. The van der Waals surface area contributed by atoms with Crippen molar-refractivity contribution in [1.29, 1.82) is 0 Å². The van der Waals surface area contributed by atoms with Crippen LogP contribution in [0.25, 0.3) is 0 Å². The van der Waals surface area contributed by atoms with Gasteiger partial charge in [0, 0.05) is 25.1 Å². The van der Waals surface area contributed by atoms with Crippen LogP contribution in [0.4, 0.5) is 4.79 Å². The zero-order chi connectivity index (χ0) is 26.9. The van der Waals surface area contributed by atoms with E-state index in [0.717, 1.165) is 32.1 Å². The Morgan fingerprint density at radius 2 is 1.81 bits per heavy atom. The summed E-state index contributed by atoms with van der Waals surface area (Å²) in [5.41, 5.74) is 5.48. The van der Waals surface area contributed by atoms with Crippen molar-refractivity contribution in [3.05, 3.63) is 35.4 Å². The third-order valence-corrected chi connectivity index (χ3v) is 6.01. The van der Waals surface area contributed by atoms with Gasteiger partial charge in [0.25, 0.3) is 0 Å². The Labute approximate surface area is 213 Å². The minimum absolute atomic E-state index is 0.0146. The highest BCUT2D eigenvalue weighted by molar-refractivity contribution is 5.92. The summed E-state index contributed by atoms with van der Waals surface area (Å²) in [7, 11) is 1.48. The lowest BCUT2D eigenvalue weighted by Gasteiger charge is -2.33. The Kier molecular flexibility index (Phi) is 10.3. The van der Waals surface area contributed by atoms with Crippen LogP contribution in [0.1, 0.15) is 82.9 Å². The molecule has 0 aliphatic heterocycles. The van der Waals surface area contributed by atoms with E-state index >= 15 is 0 Å². The van der Waals surface area contributed by atoms with Crippen LogP contribution in [0.5, 0.6) is 0 Å². The van der Waals surface area contributed by atoms with Crippen LogP contribution in [0, 0.1) is 12.3 Å². The van der Waals surface area contributed by atoms with Gasteiger partial charge in [-0.25, -0.2) is 4.79 Å². The SMILES string of the molecule is C#Cc1ccccc1C(C(=O)NC1CCCCC1)N(C)C(=O)C(CCC(N)=O)NC(=O)OC(C)(C)C. The van der Waals surface area contributed by atoms with Crippen molar-refractivity contribution in [1.82, 2.24) is 15.5 Å². The number of carbonyl (C=O) groups excluding carboxylic acids is 4. The summed E-state index contributed by atoms with van der Waals surface area (Å²) in [4.78, 5) is 52.4. The third-order valence-electron chi connectivity index (χ3n) is 6.01. The predicted molar refractivity (Wildman–Crippen MR) is 136 cm³/mol. The van der Waals surface area contributed by atoms with Gasteiger partial charge in [-0.1, -0.05) is 43.4 Å². The van der Waals surface area contributed by atoms with E-state index in [1.807, 2.05) is 0 Å². The third kappa shape index (κ3) is 8.59. The fourth-order valence-corrected chi connectivity index (χ4v) is 4.29. The van der Waals surface area contributed by atoms with E-state index in [-0.39, 0.29) is 24.8 Å². The summed E-state index contributed by atoms with van der Waals surface area (Å²) in [6.45, 7) is 5.09. The molecule has 1 saturated carbocycles. The molecule has 0 heterocycles. The van der Waals surface area contributed by atoms with Gasteiger partial charge < -0.3 is 26.0 Å². The number of ether oxygens (including phenoxy) is 1. The largest absolute Gasteiger partial charge is 0.444 e. The van der Waals surface area contributed by atoms with Gasteiger partial charge >= 0.3 is 6.09 Å². The van der Waals surface area contributed by atoms with Crippen LogP contribution in [0.15, 0.2) is 24.3 Å². The molecular weight excluding hydrogens is 460 g/mol. The van der Waals surface area contributed by atoms with Crippen LogP contribution in [0.3, 0.4) is 0 Å². The fourth-order valence-electron chi connectivity index (χ4n) is 4.29. The molecule has 2 unspecified atom stereocenters. The van der Waals surface area contributed by atoms with Crippen molar-refractivity contribution < 1.29 is 23.9 Å². The highest BCUT2D eigenvalue weighted by Gasteiger charge is 2.36. The van der Waals surface area contributed by atoms with E-state index in [1.54, 1.807) is 45.0 Å². The van der Waals surface area contributed by atoms with Crippen LogP contribution in [-0.2, 0) is 19.1 Å². The molecule has 0 bridgehead atoms. The Bertz CT molecular complexity index is 989. The lowest BCUT2D eigenvalue weighted by atomic mass is 9.93. The number of hydrogen-bond acceptors (Lipinski definition) is 5. The molecule has 0 spiro atoms. The molecule has 1 aromatic carbocycles. The molecule has 9 nitrogen and oxygen atoms in total. The van der Waals surface area contributed by atoms with E-state index in [2.05, 4.69) is 16.6 Å². The number of amides is 4. The maximum atomic E-state index is 13.6.